The third kappa shape index (κ3) is 10.5. The Hall–Kier alpha value is -0.743. The second-order valence-electron chi connectivity index (χ2n) is 13.4. The first kappa shape index (κ1) is 35.5. The molecule has 1 fully saturated rings. The van der Waals surface area contributed by atoms with Gasteiger partial charge in [-0.1, -0.05) is 89.6 Å². The third-order valence-electron chi connectivity index (χ3n) is 8.85. The molecule has 0 radical (unpaired) electrons. The zero-order chi connectivity index (χ0) is 30.1. The van der Waals surface area contributed by atoms with Gasteiger partial charge in [0.25, 0.3) is 0 Å². The van der Waals surface area contributed by atoms with Gasteiger partial charge in [0, 0.05) is 12.8 Å². The lowest BCUT2D eigenvalue weighted by Crippen LogP contribution is -2.54. The van der Waals surface area contributed by atoms with E-state index < -0.39 is 8.32 Å². The van der Waals surface area contributed by atoms with Crippen LogP contribution in [-0.4, -0.2) is 45.6 Å². The van der Waals surface area contributed by atoms with Gasteiger partial charge in [-0.2, -0.15) is 0 Å². The van der Waals surface area contributed by atoms with E-state index in [1.807, 2.05) is 28.3 Å². The Morgan fingerprint density at radius 3 is 2.38 bits per heavy atom. The second kappa shape index (κ2) is 16.2. The number of benzene rings is 1. The Kier molecular flexibility index (Phi) is 14.4. The van der Waals surface area contributed by atoms with Gasteiger partial charge >= 0.3 is 0 Å². The summed E-state index contributed by atoms with van der Waals surface area (Å²) in [5.74, 6) is 1.72. The van der Waals surface area contributed by atoms with Gasteiger partial charge in [-0.3, -0.25) is 4.79 Å². The number of Topliss-reactive ketones (excluding diaryl/α,β-unsaturated/α-hetero) is 1. The second-order valence-corrected chi connectivity index (χ2v) is 18.9. The average molecular weight is 687 g/mol. The molecule has 1 heterocycles. The largest absolute Gasteiger partial charge is 0.497 e. The molecule has 0 spiro atoms. The normalized spacial score (nSPS) is 24.6. The van der Waals surface area contributed by atoms with E-state index in [4.69, 9.17) is 18.6 Å². The van der Waals surface area contributed by atoms with Gasteiger partial charge in [0.05, 0.1) is 38.1 Å². The van der Waals surface area contributed by atoms with E-state index in [2.05, 4.69) is 90.2 Å². The van der Waals surface area contributed by atoms with Crippen LogP contribution in [0.25, 0.3) is 0 Å². The fraction of sp³-hybridized carbons (Fsp3) is 0.727. The number of halogens is 1. The highest BCUT2D eigenvalue weighted by Gasteiger charge is 2.45. The first-order valence-corrected chi connectivity index (χ1v) is 19.2. The summed E-state index contributed by atoms with van der Waals surface area (Å²) >= 11 is 2.22. The van der Waals surface area contributed by atoms with E-state index in [1.165, 1.54) is 0 Å². The smallest absolute Gasteiger partial charge is 0.192 e. The first-order valence-electron chi connectivity index (χ1n) is 15.1. The van der Waals surface area contributed by atoms with Crippen LogP contribution in [-0.2, 0) is 25.3 Å². The molecular formula is C33H55IO5Si. The molecular weight excluding hydrogens is 631 g/mol. The van der Waals surface area contributed by atoms with E-state index in [-0.39, 0.29) is 47.1 Å². The van der Waals surface area contributed by atoms with Crippen LogP contribution in [0.4, 0.5) is 0 Å². The summed E-state index contributed by atoms with van der Waals surface area (Å²) in [6.45, 7) is 20.8. The summed E-state index contributed by atoms with van der Waals surface area (Å²) in [5, 5.41) is 0.128. The number of hydrogen-bond donors (Lipinski definition) is 0. The molecule has 7 atom stereocenters. The first-order chi connectivity index (χ1) is 18.7. The molecule has 0 aliphatic carbocycles. The van der Waals surface area contributed by atoms with E-state index in [0.717, 1.165) is 30.6 Å². The van der Waals surface area contributed by atoms with Gasteiger partial charge in [-0.15, -0.1) is 0 Å². The predicted molar refractivity (Wildman–Crippen MR) is 177 cm³/mol. The Labute approximate surface area is 259 Å². The molecule has 1 aliphatic rings. The Bertz CT molecular complexity index is 926. The van der Waals surface area contributed by atoms with Gasteiger partial charge in [0.1, 0.15) is 11.5 Å². The third-order valence-corrected chi connectivity index (χ3v) is 13.8. The SMILES string of the molecule is CCC[C@H]1O[C@@H]([C@@H](C)CC(=O)C[C@H](C)[C@@H](/C=C/I)OCc2ccc(OC)cc2)[C@@H](O[Si](C)(C)C(C)(C)C)C[C@H]1C. The highest BCUT2D eigenvalue weighted by Crippen LogP contribution is 2.42. The topological polar surface area (TPSA) is 54.0 Å². The summed E-state index contributed by atoms with van der Waals surface area (Å²) in [7, 11) is -0.315. The minimum Gasteiger partial charge on any atom is -0.497 e. The van der Waals surface area contributed by atoms with Crippen molar-refractivity contribution in [3.8, 4) is 5.75 Å². The maximum atomic E-state index is 13.4. The van der Waals surface area contributed by atoms with Crippen molar-refractivity contribution in [1.82, 2.24) is 0 Å². The molecule has 5 nitrogen and oxygen atoms in total. The highest BCUT2D eigenvalue weighted by molar-refractivity contribution is 14.1. The van der Waals surface area contributed by atoms with E-state index in [0.29, 0.717) is 25.4 Å². The van der Waals surface area contributed by atoms with Crippen molar-refractivity contribution < 1.29 is 23.4 Å². The molecule has 40 heavy (non-hydrogen) atoms. The van der Waals surface area contributed by atoms with Crippen LogP contribution in [0.5, 0.6) is 5.75 Å². The molecule has 228 valence electrons. The predicted octanol–water partition coefficient (Wildman–Crippen LogP) is 9.13. The molecule has 2 rings (SSSR count). The number of carbonyl (C=O) groups is 1. The molecule has 1 aromatic rings. The number of rotatable bonds is 15. The number of ether oxygens (including phenoxy) is 3. The zero-order valence-electron chi connectivity index (χ0n) is 26.7. The summed E-state index contributed by atoms with van der Waals surface area (Å²) in [4.78, 5) is 13.4. The van der Waals surface area contributed by atoms with E-state index >= 15 is 0 Å². The fourth-order valence-corrected chi connectivity index (χ4v) is 7.06. The van der Waals surface area contributed by atoms with Crippen LogP contribution in [0.2, 0.25) is 18.1 Å². The van der Waals surface area contributed by atoms with Gasteiger partial charge in [-0.05, 0) is 76.6 Å². The molecule has 1 aliphatic heterocycles. The summed E-state index contributed by atoms with van der Waals surface area (Å²) < 4.78 is 27.2. The highest BCUT2D eigenvalue weighted by atomic mass is 127. The quantitative estimate of drug-likeness (QED) is 0.136. The Balaban J connectivity index is 2.06. The van der Waals surface area contributed by atoms with Crippen molar-refractivity contribution in [3.63, 3.8) is 0 Å². The van der Waals surface area contributed by atoms with Gasteiger partial charge in [0.2, 0.25) is 0 Å². The van der Waals surface area contributed by atoms with Crippen LogP contribution in [0.1, 0.15) is 86.1 Å². The molecule has 0 aromatic heterocycles. The molecule has 0 bridgehead atoms. The van der Waals surface area contributed by atoms with E-state index in [9.17, 15) is 4.79 Å². The van der Waals surface area contributed by atoms with Gasteiger partial charge < -0.3 is 18.6 Å². The lowest BCUT2D eigenvalue weighted by molar-refractivity contribution is -0.160. The van der Waals surface area contributed by atoms with E-state index in [1.54, 1.807) is 7.11 Å². The van der Waals surface area contributed by atoms with Crippen LogP contribution in [0.3, 0.4) is 0 Å². The number of ketones is 1. The lowest BCUT2D eigenvalue weighted by Gasteiger charge is -2.48. The molecule has 0 saturated carbocycles. The van der Waals surface area contributed by atoms with Crippen LogP contribution in [0, 0.1) is 17.8 Å². The number of carbonyl (C=O) groups excluding carboxylic acids is 1. The van der Waals surface area contributed by atoms with Gasteiger partial charge in [-0.25, -0.2) is 0 Å². The van der Waals surface area contributed by atoms with Crippen molar-refractivity contribution >= 4 is 36.7 Å². The summed E-state index contributed by atoms with van der Waals surface area (Å²) in [5.41, 5.74) is 1.08. The van der Waals surface area contributed by atoms with Crippen molar-refractivity contribution in [3.05, 3.63) is 40.0 Å². The minimum atomic E-state index is -1.98. The van der Waals surface area contributed by atoms with Crippen molar-refractivity contribution in [2.75, 3.05) is 7.11 Å². The number of methoxy groups -OCH3 is 1. The standard InChI is InChI=1S/C33H55IO5Si/c1-11-12-30-24(3)21-31(39-40(9,10)33(5,6)7)32(38-30)25(4)20-27(35)19-23(2)29(17-18-34)37-22-26-13-15-28(36-8)16-14-26/h13-18,23-25,29-32H,11-12,19-22H2,1-10H3/b18-17+/t23-,24+,25-,29+,30+,31-,32-/m0/s1. The summed E-state index contributed by atoms with van der Waals surface area (Å²) in [6, 6.07) is 7.91. The molecule has 0 unspecified atom stereocenters. The van der Waals surface area contributed by atoms with Crippen LogP contribution < -0.4 is 4.74 Å². The lowest BCUT2D eigenvalue weighted by atomic mass is 9.83. The Morgan fingerprint density at radius 1 is 1.18 bits per heavy atom. The fourth-order valence-electron chi connectivity index (χ4n) is 5.31. The molecule has 0 N–H and O–H groups in total. The molecule has 1 aromatic carbocycles. The average Bonchev–Trinajstić information content (AvgIpc) is 2.87. The Morgan fingerprint density at radius 2 is 1.82 bits per heavy atom. The molecule has 0 amide bonds. The van der Waals surface area contributed by atoms with Crippen LogP contribution >= 0.6 is 22.6 Å². The summed E-state index contributed by atoms with van der Waals surface area (Å²) in [6.07, 6.45) is 6.26. The zero-order valence-corrected chi connectivity index (χ0v) is 29.8. The van der Waals surface area contributed by atoms with Crippen molar-refractivity contribution in [2.45, 2.75) is 130 Å². The van der Waals surface area contributed by atoms with Gasteiger partial charge in [0.15, 0.2) is 8.32 Å². The monoisotopic (exact) mass is 686 g/mol. The maximum absolute atomic E-state index is 13.4. The van der Waals surface area contributed by atoms with Crippen molar-refractivity contribution in [1.29, 1.82) is 0 Å². The van der Waals surface area contributed by atoms with Crippen LogP contribution in [0.15, 0.2) is 34.4 Å². The number of hydrogen-bond acceptors (Lipinski definition) is 5. The maximum Gasteiger partial charge on any atom is 0.192 e. The molecule has 1 saturated heterocycles. The minimum absolute atomic E-state index is 0.0340. The molecule has 7 heteroatoms. The van der Waals surface area contributed by atoms with Crippen molar-refractivity contribution in [2.24, 2.45) is 17.8 Å².